The fourth-order valence-electron chi connectivity index (χ4n) is 4.50. The molecule has 32 heavy (non-hydrogen) atoms. The van der Waals surface area contributed by atoms with Crippen LogP contribution >= 0.6 is 0 Å². The number of carboxylic acid groups (broad SMARTS) is 1. The first kappa shape index (κ1) is 21.9. The number of carboxylic acids is 1. The van der Waals surface area contributed by atoms with Gasteiger partial charge in [0.15, 0.2) is 0 Å². The van der Waals surface area contributed by atoms with Gasteiger partial charge in [0, 0.05) is 35.9 Å². The lowest BCUT2D eigenvalue weighted by atomic mass is 9.94. The quantitative estimate of drug-likeness (QED) is 0.570. The summed E-state index contributed by atoms with van der Waals surface area (Å²) < 4.78 is 37.3. The lowest BCUT2D eigenvalue weighted by Gasteiger charge is -2.20. The maximum atomic E-state index is 12.7. The summed E-state index contributed by atoms with van der Waals surface area (Å²) in [6.45, 7) is 1.96. The average molecular weight is 446 g/mol. The van der Waals surface area contributed by atoms with Crippen molar-refractivity contribution in [2.75, 3.05) is 13.1 Å². The zero-order chi connectivity index (χ0) is 22.9. The Hall–Kier alpha value is -3.33. The Kier molecular flexibility index (Phi) is 5.92. The van der Waals surface area contributed by atoms with E-state index in [4.69, 9.17) is 14.3 Å². The lowest BCUT2D eigenvalue weighted by Crippen LogP contribution is -2.33. The van der Waals surface area contributed by atoms with Gasteiger partial charge in [0.05, 0.1) is 18.7 Å². The first-order valence-electron chi connectivity index (χ1n) is 10.1. The second-order valence-corrected chi connectivity index (χ2v) is 7.84. The van der Waals surface area contributed by atoms with Gasteiger partial charge in [0.1, 0.15) is 5.58 Å². The zero-order valence-corrected chi connectivity index (χ0v) is 16.9. The number of hydrogen-bond acceptors (Lipinski definition) is 4. The van der Waals surface area contributed by atoms with E-state index in [0.717, 1.165) is 29.6 Å². The van der Waals surface area contributed by atoms with Gasteiger partial charge in [-0.2, -0.15) is 13.2 Å². The summed E-state index contributed by atoms with van der Waals surface area (Å²) >= 11 is 0. The maximum Gasteiger partial charge on any atom is 0.490 e. The van der Waals surface area contributed by atoms with Crippen LogP contribution in [-0.2, 0) is 16.0 Å². The fraction of sp³-hybridized carbons (Fsp3) is 0.304. The van der Waals surface area contributed by atoms with E-state index in [1.54, 1.807) is 6.26 Å². The van der Waals surface area contributed by atoms with Crippen LogP contribution in [0.15, 0.2) is 59.2 Å². The SMILES string of the molecule is O=C(Cc1coc2ccccc12)N[C@@H]1c2ccccc2[C@@H]2CNC[C@H]12.O=C(O)C(F)(F)F. The van der Waals surface area contributed by atoms with E-state index in [-0.39, 0.29) is 11.9 Å². The van der Waals surface area contributed by atoms with Crippen molar-refractivity contribution >= 4 is 22.8 Å². The van der Waals surface area contributed by atoms with Crippen LogP contribution in [0.2, 0.25) is 0 Å². The van der Waals surface area contributed by atoms with E-state index in [1.807, 2.05) is 24.3 Å². The second-order valence-electron chi connectivity index (χ2n) is 7.84. The Morgan fingerprint density at radius 1 is 1.06 bits per heavy atom. The minimum absolute atomic E-state index is 0.0545. The molecular formula is C23H21F3N2O4. The third kappa shape index (κ3) is 4.34. The summed E-state index contributed by atoms with van der Waals surface area (Å²) in [5, 5.41) is 14.9. The average Bonchev–Trinajstić information content (AvgIpc) is 3.45. The van der Waals surface area contributed by atoms with Gasteiger partial charge in [-0.3, -0.25) is 4.79 Å². The molecule has 0 spiro atoms. The number of halogens is 3. The summed E-state index contributed by atoms with van der Waals surface area (Å²) in [5.41, 5.74) is 4.44. The number of carbonyl (C=O) groups excluding carboxylic acids is 1. The number of nitrogens with one attached hydrogen (secondary N) is 2. The van der Waals surface area contributed by atoms with E-state index in [1.165, 1.54) is 11.1 Å². The van der Waals surface area contributed by atoms with Gasteiger partial charge in [-0.15, -0.1) is 0 Å². The van der Waals surface area contributed by atoms with Gasteiger partial charge < -0.3 is 20.2 Å². The maximum absolute atomic E-state index is 12.7. The minimum Gasteiger partial charge on any atom is -0.475 e. The van der Waals surface area contributed by atoms with Crippen molar-refractivity contribution in [2.45, 2.75) is 24.6 Å². The molecule has 1 aromatic heterocycles. The summed E-state index contributed by atoms with van der Waals surface area (Å²) in [7, 11) is 0. The van der Waals surface area contributed by atoms with Gasteiger partial charge in [-0.25, -0.2) is 4.79 Å². The van der Waals surface area contributed by atoms with Crippen molar-refractivity contribution in [1.82, 2.24) is 10.6 Å². The molecule has 0 radical (unpaired) electrons. The zero-order valence-electron chi connectivity index (χ0n) is 16.9. The van der Waals surface area contributed by atoms with E-state index in [9.17, 15) is 18.0 Å². The van der Waals surface area contributed by atoms with E-state index < -0.39 is 12.1 Å². The van der Waals surface area contributed by atoms with Crippen LogP contribution < -0.4 is 10.6 Å². The third-order valence-corrected chi connectivity index (χ3v) is 5.89. The van der Waals surface area contributed by atoms with E-state index >= 15 is 0 Å². The summed E-state index contributed by atoms with van der Waals surface area (Å²) in [6.07, 6.45) is -3.03. The Bertz CT molecular complexity index is 1140. The van der Waals surface area contributed by atoms with Crippen LogP contribution in [0, 0.1) is 5.92 Å². The molecule has 168 valence electrons. The van der Waals surface area contributed by atoms with Gasteiger partial charge in [-0.1, -0.05) is 42.5 Å². The lowest BCUT2D eigenvalue weighted by molar-refractivity contribution is -0.192. The molecule has 0 bridgehead atoms. The highest BCUT2D eigenvalue weighted by Gasteiger charge is 2.43. The molecular weight excluding hydrogens is 425 g/mol. The number of carbonyl (C=O) groups is 2. The van der Waals surface area contributed by atoms with Crippen molar-refractivity contribution in [3.63, 3.8) is 0 Å². The molecule has 1 aliphatic heterocycles. The Labute approximate surface area is 181 Å². The first-order chi connectivity index (χ1) is 15.3. The Balaban J connectivity index is 0.000000307. The number of alkyl halides is 3. The van der Waals surface area contributed by atoms with Gasteiger partial charge in [-0.05, 0) is 17.2 Å². The summed E-state index contributed by atoms with van der Waals surface area (Å²) in [6, 6.07) is 16.5. The van der Waals surface area contributed by atoms with Crippen LogP contribution in [0.25, 0.3) is 11.0 Å². The monoisotopic (exact) mass is 446 g/mol. The molecule has 6 nitrogen and oxygen atoms in total. The standard InChI is InChI=1S/C21H20N2O2.C2HF3O2/c24-20(9-13-12-25-19-8-4-3-5-14(13)19)23-21-16-7-2-1-6-15(16)17-10-22-11-18(17)21;3-2(4,5)1(6)7/h1-8,12,17-18,21-22H,9-11H2,(H,23,24);(H,6,7)/t17-,18-,21+;/m0./s1. The molecule has 2 aromatic carbocycles. The highest BCUT2D eigenvalue weighted by atomic mass is 19.4. The number of furan rings is 1. The molecule has 0 unspecified atom stereocenters. The minimum atomic E-state index is -5.08. The number of benzene rings is 2. The number of hydrogen-bond donors (Lipinski definition) is 3. The smallest absolute Gasteiger partial charge is 0.475 e. The first-order valence-corrected chi connectivity index (χ1v) is 10.1. The third-order valence-electron chi connectivity index (χ3n) is 5.89. The van der Waals surface area contributed by atoms with E-state index in [0.29, 0.717) is 18.3 Å². The highest BCUT2D eigenvalue weighted by molar-refractivity contribution is 5.87. The second kappa shape index (κ2) is 8.66. The van der Waals surface area contributed by atoms with Crippen molar-refractivity contribution in [1.29, 1.82) is 0 Å². The Morgan fingerprint density at radius 2 is 1.72 bits per heavy atom. The molecule has 3 aromatic rings. The van der Waals surface area contributed by atoms with E-state index in [2.05, 4.69) is 34.9 Å². The van der Waals surface area contributed by atoms with Crippen LogP contribution in [0.4, 0.5) is 13.2 Å². The van der Waals surface area contributed by atoms with Crippen LogP contribution in [0.1, 0.15) is 28.7 Å². The molecule has 2 aliphatic rings. The fourth-order valence-corrected chi connectivity index (χ4v) is 4.50. The molecule has 1 fully saturated rings. The van der Waals surface area contributed by atoms with Gasteiger partial charge in [0.2, 0.25) is 5.91 Å². The molecule has 1 aliphatic carbocycles. The number of rotatable bonds is 3. The topological polar surface area (TPSA) is 91.6 Å². The van der Waals surface area contributed by atoms with Crippen LogP contribution in [0.5, 0.6) is 0 Å². The summed E-state index contributed by atoms with van der Waals surface area (Å²) in [5.74, 6) is -1.75. The van der Waals surface area contributed by atoms with Crippen molar-refractivity contribution in [2.24, 2.45) is 5.92 Å². The number of amides is 1. The highest BCUT2D eigenvalue weighted by Crippen LogP contribution is 2.46. The van der Waals surface area contributed by atoms with Crippen molar-refractivity contribution < 1.29 is 32.3 Å². The number of para-hydroxylation sites is 1. The predicted octanol–water partition coefficient (Wildman–Crippen LogP) is 3.78. The number of aliphatic carboxylic acids is 1. The molecule has 3 atom stereocenters. The van der Waals surface area contributed by atoms with Gasteiger partial charge >= 0.3 is 12.1 Å². The molecule has 9 heteroatoms. The number of fused-ring (bicyclic) bond motifs is 4. The molecule has 1 saturated heterocycles. The van der Waals surface area contributed by atoms with Crippen molar-refractivity contribution in [3.05, 3.63) is 71.5 Å². The normalized spacial score (nSPS) is 21.4. The van der Waals surface area contributed by atoms with Crippen LogP contribution in [-0.4, -0.2) is 36.2 Å². The van der Waals surface area contributed by atoms with Gasteiger partial charge in [0.25, 0.3) is 0 Å². The van der Waals surface area contributed by atoms with Crippen LogP contribution in [0.3, 0.4) is 0 Å². The van der Waals surface area contributed by atoms with Crippen molar-refractivity contribution in [3.8, 4) is 0 Å². The molecule has 3 N–H and O–H groups in total. The Morgan fingerprint density at radius 3 is 2.44 bits per heavy atom. The predicted molar refractivity (Wildman–Crippen MR) is 110 cm³/mol. The molecule has 5 rings (SSSR count). The molecule has 2 heterocycles. The largest absolute Gasteiger partial charge is 0.490 e. The summed E-state index contributed by atoms with van der Waals surface area (Å²) in [4.78, 5) is 21.6. The molecule has 1 amide bonds. The molecule has 0 saturated carbocycles.